The maximum Gasteiger partial charge on any atom is 0.309 e. The lowest BCUT2D eigenvalue weighted by molar-refractivity contribution is -0.913. The van der Waals surface area contributed by atoms with Gasteiger partial charge in [-0.3, -0.25) is 14.4 Å². The van der Waals surface area contributed by atoms with Crippen LogP contribution in [-0.2, 0) is 19.1 Å². The summed E-state index contributed by atoms with van der Waals surface area (Å²) < 4.78 is 5.08. The van der Waals surface area contributed by atoms with Crippen LogP contribution >= 0.6 is 0 Å². The first-order valence-corrected chi connectivity index (χ1v) is 8.99. The van der Waals surface area contributed by atoms with Crippen LogP contribution < -0.4 is 4.90 Å². The fraction of sp³-hybridized carbons (Fsp3) is 0.526. The topological polar surface area (TPSA) is 68.1 Å². The number of hydrogen-bond acceptors (Lipinski definition) is 4. The number of hydrogen-bond donors (Lipinski definition) is 1. The molecule has 134 valence electrons. The minimum absolute atomic E-state index is 0.0502. The Morgan fingerprint density at radius 3 is 2.52 bits per heavy atom. The molecule has 0 unspecified atom stereocenters. The van der Waals surface area contributed by atoms with E-state index >= 15 is 0 Å². The Labute approximate surface area is 147 Å². The van der Waals surface area contributed by atoms with E-state index in [1.807, 2.05) is 37.3 Å². The number of ether oxygens (including phenoxy) is 1. The molecule has 2 fully saturated rings. The fourth-order valence-corrected chi connectivity index (χ4v) is 3.70. The van der Waals surface area contributed by atoms with Crippen LogP contribution in [0.15, 0.2) is 30.3 Å². The lowest BCUT2D eigenvalue weighted by atomic mass is 9.97. The minimum atomic E-state index is -0.356. The van der Waals surface area contributed by atoms with Crippen molar-refractivity contribution in [3.63, 3.8) is 0 Å². The van der Waals surface area contributed by atoms with Gasteiger partial charge in [0.2, 0.25) is 11.8 Å². The van der Waals surface area contributed by atoms with Crippen molar-refractivity contribution in [2.45, 2.75) is 32.1 Å². The summed E-state index contributed by atoms with van der Waals surface area (Å²) in [5.74, 6) is -0.731. The third-order valence-electron chi connectivity index (χ3n) is 5.14. The van der Waals surface area contributed by atoms with E-state index in [9.17, 15) is 14.4 Å². The highest BCUT2D eigenvalue weighted by molar-refractivity contribution is 6.06. The monoisotopic (exact) mass is 345 g/mol. The molecule has 1 atom stereocenters. The standard InChI is InChI=1S/C19H24N2O4/c1-2-25-19(24)15-8-10-20(11-9-15)13-21-17(22)12-16(18(21)23)14-6-4-3-5-7-14/h3-7,15-16H,2,8-13H2,1H3/p+1/t16-/m1/s1. The van der Waals surface area contributed by atoms with Gasteiger partial charge in [0.1, 0.15) is 0 Å². The maximum absolute atomic E-state index is 12.7. The summed E-state index contributed by atoms with van der Waals surface area (Å²) in [5, 5.41) is 0. The molecule has 2 saturated heterocycles. The number of likely N-dealkylation sites (tertiary alicyclic amines) is 2. The highest BCUT2D eigenvalue weighted by Gasteiger charge is 2.41. The summed E-state index contributed by atoms with van der Waals surface area (Å²) in [7, 11) is 0. The molecular weight excluding hydrogens is 320 g/mol. The number of nitrogens with one attached hydrogen (secondary N) is 1. The largest absolute Gasteiger partial charge is 0.466 e. The Kier molecular flexibility index (Phi) is 5.48. The first-order valence-electron chi connectivity index (χ1n) is 8.99. The number of piperidine rings is 1. The predicted octanol–water partition coefficient (Wildman–Crippen LogP) is 0.345. The average molecular weight is 345 g/mol. The van der Waals surface area contributed by atoms with Crippen LogP contribution in [0, 0.1) is 5.92 Å². The van der Waals surface area contributed by atoms with Gasteiger partial charge in [-0.25, -0.2) is 4.90 Å². The smallest absolute Gasteiger partial charge is 0.309 e. The highest BCUT2D eigenvalue weighted by atomic mass is 16.5. The Bertz CT molecular complexity index is 638. The van der Waals surface area contributed by atoms with Crippen LogP contribution in [0.5, 0.6) is 0 Å². The van der Waals surface area contributed by atoms with Crippen LogP contribution in [0.1, 0.15) is 37.7 Å². The molecule has 3 rings (SSSR count). The first kappa shape index (κ1) is 17.6. The van der Waals surface area contributed by atoms with Crippen molar-refractivity contribution in [3.8, 4) is 0 Å². The quantitative estimate of drug-likeness (QED) is 0.617. The number of quaternary nitrogens is 1. The number of carbonyl (C=O) groups is 3. The fourth-order valence-electron chi connectivity index (χ4n) is 3.70. The second kappa shape index (κ2) is 7.78. The number of imide groups is 1. The summed E-state index contributed by atoms with van der Waals surface area (Å²) >= 11 is 0. The van der Waals surface area contributed by atoms with Crippen molar-refractivity contribution in [1.82, 2.24) is 4.90 Å². The number of esters is 1. The van der Waals surface area contributed by atoms with E-state index in [-0.39, 0.29) is 36.0 Å². The predicted molar refractivity (Wildman–Crippen MR) is 90.6 cm³/mol. The van der Waals surface area contributed by atoms with Crippen molar-refractivity contribution in [2.75, 3.05) is 26.4 Å². The molecule has 2 heterocycles. The maximum atomic E-state index is 12.7. The lowest BCUT2D eigenvalue weighted by Crippen LogP contribution is -3.14. The van der Waals surface area contributed by atoms with Gasteiger partial charge in [-0.2, -0.15) is 0 Å². The van der Waals surface area contributed by atoms with Crippen molar-refractivity contribution in [2.24, 2.45) is 5.92 Å². The summed E-state index contributed by atoms with van der Waals surface area (Å²) in [4.78, 5) is 39.4. The van der Waals surface area contributed by atoms with Gasteiger partial charge in [0, 0.05) is 19.3 Å². The van der Waals surface area contributed by atoms with E-state index < -0.39 is 0 Å². The SMILES string of the molecule is CCOC(=O)C1CC[NH+](CN2C(=O)C[C@H](c3ccccc3)C2=O)CC1. The molecule has 1 aromatic rings. The van der Waals surface area contributed by atoms with Gasteiger partial charge in [-0.15, -0.1) is 0 Å². The Morgan fingerprint density at radius 2 is 1.88 bits per heavy atom. The van der Waals surface area contributed by atoms with Gasteiger partial charge in [-0.1, -0.05) is 30.3 Å². The zero-order valence-electron chi connectivity index (χ0n) is 14.6. The van der Waals surface area contributed by atoms with E-state index in [2.05, 4.69) is 0 Å². The number of carbonyl (C=O) groups excluding carboxylic acids is 3. The van der Waals surface area contributed by atoms with Crippen molar-refractivity contribution < 1.29 is 24.0 Å². The molecule has 2 amide bonds. The van der Waals surface area contributed by atoms with Gasteiger partial charge in [0.25, 0.3) is 0 Å². The summed E-state index contributed by atoms with van der Waals surface area (Å²) in [6.07, 6.45) is 1.74. The van der Waals surface area contributed by atoms with Crippen LogP contribution in [0.25, 0.3) is 0 Å². The van der Waals surface area contributed by atoms with Gasteiger partial charge in [-0.05, 0) is 12.5 Å². The zero-order chi connectivity index (χ0) is 17.8. The van der Waals surface area contributed by atoms with Gasteiger partial charge in [0.15, 0.2) is 6.67 Å². The van der Waals surface area contributed by atoms with Crippen LogP contribution in [0.2, 0.25) is 0 Å². The lowest BCUT2D eigenvalue weighted by Gasteiger charge is -2.30. The summed E-state index contributed by atoms with van der Waals surface area (Å²) in [6, 6.07) is 9.48. The molecule has 0 radical (unpaired) electrons. The first-order chi connectivity index (χ1) is 12.1. The number of nitrogens with zero attached hydrogens (tertiary/aromatic N) is 1. The molecule has 6 nitrogen and oxygen atoms in total. The molecule has 0 bridgehead atoms. The van der Waals surface area contributed by atoms with E-state index in [4.69, 9.17) is 4.74 Å². The molecule has 1 N–H and O–H groups in total. The van der Waals surface area contributed by atoms with Crippen LogP contribution in [0.4, 0.5) is 0 Å². The number of rotatable bonds is 5. The molecule has 1 aromatic carbocycles. The van der Waals surface area contributed by atoms with E-state index in [0.29, 0.717) is 13.3 Å². The van der Waals surface area contributed by atoms with Gasteiger partial charge in [0.05, 0.1) is 31.5 Å². The van der Waals surface area contributed by atoms with E-state index in [1.54, 1.807) is 0 Å². The molecule has 0 aromatic heterocycles. The van der Waals surface area contributed by atoms with Crippen molar-refractivity contribution in [1.29, 1.82) is 0 Å². The summed E-state index contributed by atoms with van der Waals surface area (Å²) in [5.41, 5.74) is 0.902. The molecule has 6 heteroatoms. The second-order valence-corrected chi connectivity index (χ2v) is 6.76. The molecule has 2 aliphatic rings. The third kappa shape index (κ3) is 3.90. The minimum Gasteiger partial charge on any atom is -0.466 e. The molecule has 2 aliphatic heterocycles. The number of amides is 2. The van der Waals surface area contributed by atoms with Gasteiger partial charge < -0.3 is 9.64 Å². The zero-order valence-corrected chi connectivity index (χ0v) is 14.6. The Balaban J connectivity index is 1.56. The van der Waals surface area contributed by atoms with E-state index in [1.165, 1.54) is 9.80 Å². The van der Waals surface area contributed by atoms with Crippen molar-refractivity contribution in [3.05, 3.63) is 35.9 Å². The third-order valence-corrected chi connectivity index (χ3v) is 5.14. The molecule has 25 heavy (non-hydrogen) atoms. The van der Waals surface area contributed by atoms with Gasteiger partial charge >= 0.3 is 5.97 Å². The average Bonchev–Trinajstić information content (AvgIpc) is 2.91. The van der Waals surface area contributed by atoms with Crippen molar-refractivity contribution >= 4 is 17.8 Å². The van der Waals surface area contributed by atoms with Crippen LogP contribution in [0.3, 0.4) is 0 Å². The molecule has 0 saturated carbocycles. The Hall–Kier alpha value is -2.21. The molecule has 0 spiro atoms. The van der Waals surface area contributed by atoms with E-state index in [0.717, 1.165) is 31.5 Å². The Morgan fingerprint density at radius 1 is 1.20 bits per heavy atom. The molecule has 0 aliphatic carbocycles. The normalized spacial score (nSPS) is 26.8. The number of benzene rings is 1. The second-order valence-electron chi connectivity index (χ2n) is 6.76. The van der Waals surface area contributed by atoms with Crippen LogP contribution in [-0.4, -0.2) is 49.0 Å². The molecular formula is C19H25N2O4+. The summed E-state index contributed by atoms with van der Waals surface area (Å²) in [6.45, 7) is 4.17. The highest BCUT2D eigenvalue weighted by Crippen LogP contribution is 2.28.